The molecule has 1 heterocycles. The molecule has 3 nitrogen and oxygen atoms in total. The van der Waals surface area contributed by atoms with E-state index in [1.807, 2.05) is 37.3 Å². The van der Waals surface area contributed by atoms with Gasteiger partial charge in [0.15, 0.2) is 0 Å². The van der Waals surface area contributed by atoms with E-state index in [4.69, 9.17) is 4.74 Å². The van der Waals surface area contributed by atoms with E-state index in [2.05, 4.69) is 29.6 Å². The van der Waals surface area contributed by atoms with Crippen LogP contribution in [-0.2, 0) is 4.74 Å². The van der Waals surface area contributed by atoms with Crippen LogP contribution in [0.25, 0.3) is 11.1 Å². The van der Waals surface area contributed by atoms with Crippen LogP contribution in [0, 0.1) is 0 Å². The zero-order valence-corrected chi connectivity index (χ0v) is 10.7. The normalized spacial score (nSPS) is 21.8. The second kappa shape index (κ2) is 4.76. The van der Waals surface area contributed by atoms with E-state index in [1.165, 1.54) is 5.56 Å². The van der Waals surface area contributed by atoms with Gasteiger partial charge in [-0.25, -0.2) is 4.79 Å². The Morgan fingerprint density at radius 3 is 2.16 bits per heavy atom. The molecule has 2 aromatic rings. The minimum absolute atomic E-state index is 0.00933. The predicted octanol–water partition coefficient (Wildman–Crippen LogP) is 3.52. The summed E-state index contributed by atoms with van der Waals surface area (Å²) in [6.45, 7) is 1.95. The zero-order valence-electron chi connectivity index (χ0n) is 10.7. The number of alkyl carbamates (subject to hydrolysis) is 1. The Hall–Kier alpha value is -2.29. The van der Waals surface area contributed by atoms with Crippen molar-refractivity contribution in [3.8, 4) is 11.1 Å². The molecule has 2 aromatic carbocycles. The van der Waals surface area contributed by atoms with E-state index in [-0.39, 0.29) is 18.2 Å². The first-order valence-electron chi connectivity index (χ1n) is 6.36. The van der Waals surface area contributed by atoms with Crippen molar-refractivity contribution < 1.29 is 9.53 Å². The molecule has 0 unspecified atom stereocenters. The van der Waals surface area contributed by atoms with Gasteiger partial charge in [-0.2, -0.15) is 0 Å². The van der Waals surface area contributed by atoms with Crippen molar-refractivity contribution in [2.45, 2.75) is 19.1 Å². The van der Waals surface area contributed by atoms with Crippen LogP contribution in [0.3, 0.4) is 0 Å². The van der Waals surface area contributed by atoms with Crippen molar-refractivity contribution in [2.24, 2.45) is 0 Å². The lowest BCUT2D eigenvalue weighted by molar-refractivity contribution is 0.134. The van der Waals surface area contributed by atoms with Gasteiger partial charge in [-0.3, -0.25) is 0 Å². The molecule has 3 rings (SSSR count). The summed E-state index contributed by atoms with van der Waals surface area (Å²) in [5.74, 6) is 0. The molecule has 2 atom stereocenters. The third-order valence-electron chi connectivity index (χ3n) is 3.38. The predicted molar refractivity (Wildman–Crippen MR) is 73.7 cm³/mol. The van der Waals surface area contributed by atoms with Crippen molar-refractivity contribution in [1.29, 1.82) is 0 Å². The van der Waals surface area contributed by atoms with Crippen molar-refractivity contribution in [2.75, 3.05) is 0 Å². The van der Waals surface area contributed by atoms with Crippen LogP contribution in [0.2, 0.25) is 0 Å². The lowest BCUT2D eigenvalue weighted by atomic mass is 9.99. The van der Waals surface area contributed by atoms with Crippen molar-refractivity contribution in [1.82, 2.24) is 5.32 Å². The molecule has 0 bridgehead atoms. The number of carbonyl (C=O) groups excluding carboxylic acids is 1. The van der Waals surface area contributed by atoms with Gasteiger partial charge in [-0.15, -0.1) is 0 Å². The molecule has 1 aliphatic heterocycles. The molecule has 1 saturated heterocycles. The Morgan fingerprint density at radius 2 is 1.58 bits per heavy atom. The Morgan fingerprint density at radius 1 is 0.947 bits per heavy atom. The van der Waals surface area contributed by atoms with E-state index in [0.717, 1.165) is 11.1 Å². The Labute approximate surface area is 112 Å². The topological polar surface area (TPSA) is 38.3 Å². The molecule has 1 fully saturated rings. The third kappa shape index (κ3) is 2.32. The smallest absolute Gasteiger partial charge is 0.408 e. The van der Waals surface area contributed by atoms with Crippen molar-refractivity contribution >= 4 is 6.09 Å². The largest absolute Gasteiger partial charge is 0.439 e. The summed E-state index contributed by atoms with van der Waals surface area (Å²) in [4.78, 5) is 11.2. The molecule has 96 valence electrons. The summed E-state index contributed by atoms with van der Waals surface area (Å²) in [5.41, 5.74) is 3.36. The number of cyclic esters (lactones) is 1. The molecular formula is C16H15NO2. The first-order valence-corrected chi connectivity index (χ1v) is 6.36. The number of nitrogens with one attached hydrogen (secondary N) is 1. The van der Waals surface area contributed by atoms with Gasteiger partial charge in [0.05, 0.1) is 6.04 Å². The third-order valence-corrected chi connectivity index (χ3v) is 3.38. The molecule has 1 aliphatic rings. The van der Waals surface area contributed by atoms with Gasteiger partial charge < -0.3 is 10.1 Å². The first kappa shape index (κ1) is 11.8. The molecule has 0 radical (unpaired) electrons. The summed E-state index contributed by atoms with van der Waals surface area (Å²) in [6.07, 6.45) is -0.540. The molecule has 1 amide bonds. The number of amides is 1. The fourth-order valence-corrected chi connectivity index (χ4v) is 2.37. The minimum Gasteiger partial charge on any atom is -0.439 e. The van der Waals surface area contributed by atoms with Gasteiger partial charge in [0, 0.05) is 0 Å². The van der Waals surface area contributed by atoms with Crippen LogP contribution in [0.15, 0.2) is 54.6 Å². The maximum absolute atomic E-state index is 11.2. The summed E-state index contributed by atoms with van der Waals surface area (Å²) in [5, 5.41) is 2.75. The Bertz CT molecular complexity index is 577. The average Bonchev–Trinajstić information content (AvgIpc) is 2.79. The van der Waals surface area contributed by atoms with Crippen LogP contribution < -0.4 is 5.32 Å². The number of benzene rings is 2. The van der Waals surface area contributed by atoms with Crippen molar-refractivity contribution in [3.63, 3.8) is 0 Å². The van der Waals surface area contributed by atoms with E-state index in [9.17, 15) is 4.79 Å². The molecule has 19 heavy (non-hydrogen) atoms. The fraction of sp³-hybridized carbons (Fsp3) is 0.188. The molecule has 0 aromatic heterocycles. The molecular weight excluding hydrogens is 238 g/mol. The molecule has 0 aliphatic carbocycles. The van der Waals surface area contributed by atoms with Crippen molar-refractivity contribution in [3.05, 3.63) is 60.2 Å². The lowest BCUT2D eigenvalue weighted by Gasteiger charge is -2.13. The van der Waals surface area contributed by atoms with E-state index < -0.39 is 0 Å². The number of hydrogen-bond donors (Lipinski definition) is 1. The first-order chi connectivity index (χ1) is 9.24. The second-order valence-electron chi connectivity index (χ2n) is 4.75. The Balaban J connectivity index is 1.85. The standard InChI is InChI=1S/C16H15NO2/c1-11-15(19-16(18)17-11)14-9-7-13(8-10-14)12-5-3-2-4-6-12/h2-11,15H,1H3,(H,17,18)/t11-,15-/m1/s1. The van der Waals surface area contributed by atoms with Gasteiger partial charge in [0.25, 0.3) is 0 Å². The average molecular weight is 253 g/mol. The summed E-state index contributed by atoms with van der Waals surface area (Å²) < 4.78 is 5.26. The quantitative estimate of drug-likeness (QED) is 0.889. The minimum atomic E-state index is -0.343. The highest BCUT2D eigenvalue weighted by atomic mass is 16.6. The van der Waals surface area contributed by atoms with E-state index in [0.29, 0.717) is 0 Å². The monoisotopic (exact) mass is 253 g/mol. The summed E-state index contributed by atoms with van der Waals surface area (Å²) in [6, 6.07) is 18.4. The highest BCUT2D eigenvalue weighted by Gasteiger charge is 2.31. The summed E-state index contributed by atoms with van der Waals surface area (Å²) >= 11 is 0. The lowest BCUT2D eigenvalue weighted by Crippen LogP contribution is -2.23. The van der Waals surface area contributed by atoms with Crippen LogP contribution in [0.5, 0.6) is 0 Å². The number of ether oxygens (including phenoxy) is 1. The second-order valence-corrected chi connectivity index (χ2v) is 4.75. The van der Waals surface area contributed by atoms with Crippen LogP contribution >= 0.6 is 0 Å². The fourth-order valence-electron chi connectivity index (χ4n) is 2.37. The molecule has 0 saturated carbocycles. The highest BCUT2D eigenvalue weighted by molar-refractivity contribution is 5.70. The number of carbonyl (C=O) groups is 1. The molecule has 0 spiro atoms. The van der Waals surface area contributed by atoms with Gasteiger partial charge in [-0.05, 0) is 23.6 Å². The molecule has 1 N–H and O–H groups in total. The van der Waals surface area contributed by atoms with E-state index >= 15 is 0 Å². The van der Waals surface area contributed by atoms with Crippen LogP contribution in [0.1, 0.15) is 18.6 Å². The number of rotatable bonds is 2. The maximum Gasteiger partial charge on any atom is 0.408 e. The zero-order chi connectivity index (χ0) is 13.2. The van der Waals surface area contributed by atoms with E-state index in [1.54, 1.807) is 0 Å². The highest BCUT2D eigenvalue weighted by Crippen LogP contribution is 2.28. The maximum atomic E-state index is 11.2. The van der Waals surface area contributed by atoms with Crippen LogP contribution in [0.4, 0.5) is 4.79 Å². The number of hydrogen-bond acceptors (Lipinski definition) is 2. The van der Waals surface area contributed by atoms with Gasteiger partial charge in [0.2, 0.25) is 0 Å². The van der Waals surface area contributed by atoms with Gasteiger partial charge in [0.1, 0.15) is 6.10 Å². The Kier molecular flexibility index (Phi) is 2.95. The van der Waals surface area contributed by atoms with Gasteiger partial charge in [-0.1, -0.05) is 54.6 Å². The van der Waals surface area contributed by atoms with Crippen LogP contribution in [-0.4, -0.2) is 12.1 Å². The molecule has 3 heteroatoms. The van der Waals surface area contributed by atoms with Gasteiger partial charge >= 0.3 is 6.09 Å². The summed E-state index contributed by atoms with van der Waals surface area (Å²) in [7, 11) is 0. The SMILES string of the molecule is C[C@H]1NC(=O)O[C@H]1c1ccc(-c2ccccc2)cc1.